The lowest BCUT2D eigenvalue weighted by molar-refractivity contribution is 0.0953. The molecule has 1 heterocycles. The van der Waals surface area contributed by atoms with Gasteiger partial charge in [-0.3, -0.25) is 4.79 Å². The summed E-state index contributed by atoms with van der Waals surface area (Å²) in [5.41, 5.74) is 1.96. The highest BCUT2D eigenvalue weighted by molar-refractivity contribution is 5.95. The van der Waals surface area contributed by atoms with Crippen molar-refractivity contribution in [1.29, 1.82) is 0 Å². The Balaban J connectivity index is 1.92. The lowest BCUT2D eigenvalue weighted by atomic mass is 10.1. The number of ether oxygens (including phenoxy) is 1. The molecule has 0 spiro atoms. The second-order valence-electron chi connectivity index (χ2n) is 4.61. The first-order valence-corrected chi connectivity index (χ1v) is 6.56. The van der Waals surface area contributed by atoms with Crippen molar-refractivity contribution in [3.8, 4) is 5.75 Å². The zero-order chi connectivity index (χ0) is 15.2. The number of hydrogen-bond donors (Lipinski definition) is 2. The average molecular weight is 287 g/mol. The minimum atomic E-state index is -0.378. The molecule has 0 unspecified atom stereocenters. The van der Waals surface area contributed by atoms with Crippen molar-refractivity contribution in [2.45, 2.75) is 13.3 Å². The summed E-state index contributed by atoms with van der Waals surface area (Å²) in [6.45, 7) is 2.33. The Morgan fingerprint density at radius 1 is 1.43 bits per heavy atom. The number of aromatic amines is 1. The summed E-state index contributed by atoms with van der Waals surface area (Å²) < 4.78 is 5.11. The van der Waals surface area contributed by atoms with Crippen LogP contribution in [-0.2, 0) is 6.42 Å². The van der Waals surface area contributed by atoms with Gasteiger partial charge in [0.25, 0.3) is 5.91 Å². The number of nitrogens with zero attached hydrogens (tertiary/aromatic N) is 1. The van der Waals surface area contributed by atoms with E-state index < -0.39 is 0 Å². The Morgan fingerprint density at radius 3 is 2.86 bits per heavy atom. The smallest absolute Gasteiger partial charge is 0.344 e. The fraction of sp³-hybridized carbons (Fsp3) is 0.267. The molecule has 2 N–H and O–H groups in total. The zero-order valence-corrected chi connectivity index (χ0v) is 12.0. The Labute approximate surface area is 122 Å². The molecule has 0 bridgehead atoms. The van der Waals surface area contributed by atoms with Crippen molar-refractivity contribution >= 4 is 5.91 Å². The van der Waals surface area contributed by atoms with Gasteiger partial charge >= 0.3 is 5.69 Å². The molecular formula is C15H17N3O3. The summed E-state index contributed by atoms with van der Waals surface area (Å²) >= 11 is 0. The summed E-state index contributed by atoms with van der Waals surface area (Å²) in [6, 6.07) is 5.32. The van der Waals surface area contributed by atoms with Crippen LogP contribution in [0.3, 0.4) is 0 Å². The number of rotatable bonds is 5. The standard InChI is InChI=1S/C15H17N3O3/c1-10-7-12(21-2)3-4-13(10)14(19)16-6-5-11-8-17-15(20)18-9-11/h3-4,7-9H,5-6H2,1-2H3,(H,16,19)(H,17,18,20). The van der Waals surface area contributed by atoms with Gasteiger partial charge in [-0.15, -0.1) is 0 Å². The minimum absolute atomic E-state index is 0.132. The summed E-state index contributed by atoms with van der Waals surface area (Å²) in [4.78, 5) is 29.0. The van der Waals surface area contributed by atoms with Crippen LogP contribution < -0.4 is 15.7 Å². The molecule has 1 aromatic carbocycles. The van der Waals surface area contributed by atoms with E-state index in [0.29, 0.717) is 18.5 Å². The van der Waals surface area contributed by atoms with E-state index in [2.05, 4.69) is 15.3 Å². The molecular weight excluding hydrogens is 270 g/mol. The van der Waals surface area contributed by atoms with Crippen molar-refractivity contribution in [1.82, 2.24) is 15.3 Å². The summed E-state index contributed by atoms with van der Waals surface area (Å²) in [5, 5.41) is 2.84. The molecule has 0 radical (unpaired) electrons. The number of benzene rings is 1. The number of aryl methyl sites for hydroxylation is 1. The van der Waals surface area contributed by atoms with E-state index >= 15 is 0 Å². The second kappa shape index (κ2) is 6.69. The van der Waals surface area contributed by atoms with Gasteiger partial charge in [0, 0.05) is 24.5 Å². The molecule has 110 valence electrons. The molecule has 1 aromatic heterocycles. The molecule has 2 rings (SSSR count). The van der Waals surface area contributed by atoms with Crippen molar-refractivity contribution in [3.05, 3.63) is 57.8 Å². The number of carbonyl (C=O) groups excluding carboxylic acids is 1. The van der Waals surface area contributed by atoms with Gasteiger partial charge in [0.05, 0.1) is 7.11 Å². The lowest BCUT2D eigenvalue weighted by Crippen LogP contribution is -2.26. The summed E-state index contributed by atoms with van der Waals surface area (Å²) in [7, 11) is 1.59. The number of methoxy groups -OCH3 is 1. The third-order valence-electron chi connectivity index (χ3n) is 3.11. The van der Waals surface area contributed by atoms with Gasteiger partial charge in [0.2, 0.25) is 0 Å². The first-order chi connectivity index (χ1) is 10.1. The normalized spacial score (nSPS) is 10.2. The number of nitrogens with one attached hydrogen (secondary N) is 2. The van der Waals surface area contributed by atoms with Gasteiger partial charge in [0.15, 0.2) is 0 Å². The third-order valence-corrected chi connectivity index (χ3v) is 3.11. The Hall–Kier alpha value is -2.63. The Bertz CT molecular complexity index is 674. The molecule has 6 heteroatoms. The molecule has 0 saturated carbocycles. The highest BCUT2D eigenvalue weighted by atomic mass is 16.5. The predicted octanol–water partition coefficient (Wildman–Crippen LogP) is 1.06. The molecule has 0 saturated heterocycles. The minimum Gasteiger partial charge on any atom is -0.497 e. The van der Waals surface area contributed by atoms with Gasteiger partial charge < -0.3 is 15.0 Å². The van der Waals surface area contributed by atoms with Gasteiger partial charge in [-0.2, -0.15) is 0 Å². The van der Waals surface area contributed by atoms with Crippen LogP contribution in [0.15, 0.2) is 35.4 Å². The van der Waals surface area contributed by atoms with Crippen LogP contribution in [-0.4, -0.2) is 29.5 Å². The molecule has 0 atom stereocenters. The maximum Gasteiger partial charge on any atom is 0.344 e. The van der Waals surface area contributed by atoms with E-state index in [9.17, 15) is 9.59 Å². The number of aromatic nitrogens is 2. The van der Waals surface area contributed by atoms with Crippen molar-refractivity contribution in [2.75, 3.05) is 13.7 Å². The zero-order valence-electron chi connectivity index (χ0n) is 12.0. The van der Waals surface area contributed by atoms with Crippen LogP contribution >= 0.6 is 0 Å². The first kappa shape index (κ1) is 14.8. The monoisotopic (exact) mass is 287 g/mol. The fourth-order valence-corrected chi connectivity index (χ4v) is 1.94. The van der Waals surface area contributed by atoms with Crippen molar-refractivity contribution in [2.24, 2.45) is 0 Å². The van der Waals surface area contributed by atoms with Gasteiger partial charge in [-0.05, 0) is 42.7 Å². The van der Waals surface area contributed by atoms with Crippen LogP contribution in [0.2, 0.25) is 0 Å². The number of carbonyl (C=O) groups is 1. The van der Waals surface area contributed by atoms with E-state index in [-0.39, 0.29) is 11.6 Å². The number of hydrogen-bond acceptors (Lipinski definition) is 4. The molecule has 1 amide bonds. The molecule has 6 nitrogen and oxygen atoms in total. The van der Waals surface area contributed by atoms with Crippen LogP contribution in [0.25, 0.3) is 0 Å². The lowest BCUT2D eigenvalue weighted by Gasteiger charge is -2.09. The van der Waals surface area contributed by atoms with E-state index in [1.807, 2.05) is 13.0 Å². The SMILES string of the molecule is COc1ccc(C(=O)NCCc2cnc(=O)[nH]c2)c(C)c1. The summed E-state index contributed by atoms with van der Waals surface area (Å²) in [6.07, 6.45) is 3.70. The van der Waals surface area contributed by atoms with Crippen LogP contribution in [0.4, 0.5) is 0 Å². The molecule has 21 heavy (non-hydrogen) atoms. The van der Waals surface area contributed by atoms with Crippen LogP contribution in [0.1, 0.15) is 21.5 Å². The molecule has 0 aliphatic heterocycles. The number of H-pyrrole nitrogens is 1. The maximum atomic E-state index is 12.1. The van der Waals surface area contributed by atoms with E-state index in [4.69, 9.17) is 4.74 Å². The fourth-order valence-electron chi connectivity index (χ4n) is 1.94. The van der Waals surface area contributed by atoms with Crippen LogP contribution in [0, 0.1) is 6.92 Å². The molecule has 2 aromatic rings. The Kier molecular flexibility index (Phi) is 4.71. The number of amides is 1. The van der Waals surface area contributed by atoms with Crippen molar-refractivity contribution < 1.29 is 9.53 Å². The van der Waals surface area contributed by atoms with Gasteiger partial charge in [-0.25, -0.2) is 9.78 Å². The third kappa shape index (κ3) is 3.92. The Morgan fingerprint density at radius 2 is 2.24 bits per heavy atom. The largest absolute Gasteiger partial charge is 0.497 e. The second-order valence-corrected chi connectivity index (χ2v) is 4.61. The van der Waals surface area contributed by atoms with Gasteiger partial charge in [0.1, 0.15) is 5.75 Å². The molecule has 0 aliphatic rings. The van der Waals surface area contributed by atoms with Crippen molar-refractivity contribution in [3.63, 3.8) is 0 Å². The predicted molar refractivity (Wildman–Crippen MR) is 78.6 cm³/mol. The average Bonchev–Trinajstić information content (AvgIpc) is 2.49. The van der Waals surface area contributed by atoms with E-state index in [1.54, 1.807) is 25.4 Å². The highest BCUT2D eigenvalue weighted by Gasteiger charge is 2.09. The first-order valence-electron chi connectivity index (χ1n) is 6.56. The highest BCUT2D eigenvalue weighted by Crippen LogP contribution is 2.16. The summed E-state index contributed by atoms with van der Waals surface area (Å²) in [5.74, 6) is 0.593. The quantitative estimate of drug-likeness (QED) is 0.861. The maximum absolute atomic E-state index is 12.1. The molecule has 0 fully saturated rings. The molecule has 0 aliphatic carbocycles. The van der Waals surface area contributed by atoms with Crippen LogP contribution in [0.5, 0.6) is 5.75 Å². The van der Waals surface area contributed by atoms with Gasteiger partial charge in [-0.1, -0.05) is 0 Å². The van der Waals surface area contributed by atoms with E-state index in [0.717, 1.165) is 16.9 Å². The van der Waals surface area contributed by atoms with E-state index in [1.165, 1.54) is 6.20 Å². The topological polar surface area (TPSA) is 84.1 Å².